The number of rotatable bonds is 9. The molecule has 2 aromatic carbocycles. The molecule has 9 heteroatoms. The number of aryl methyl sites for hydroxylation is 3. The second kappa shape index (κ2) is 11.5. The highest BCUT2D eigenvalue weighted by molar-refractivity contribution is 7.99. The minimum atomic E-state index is -0.207. The van der Waals surface area contributed by atoms with Crippen LogP contribution in [0.5, 0.6) is 5.75 Å². The molecule has 4 rings (SSSR count). The van der Waals surface area contributed by atoms with Crippen molar-refractivity contribution >= 4 is 56.5 Å². The van der Waals surface area contributed by atoms with Crippen LogP contribution in [0.15, 0.2) is 52.4 Å². The number of anilines is 1. The zero-order valence-electron chi connectivity index (χ0n) is 20.7. The maximum Gasteiger partial charge on any atom is 0.267 e. The highest BCUT2D eigenvalue weighted by Crippen LogP contribution is 2.31. The average Bonchev–Trinajstić information content (AvgIpc) is 3.16. The van der Waals surface area contributed by atoms with Crippen molar-refractivity contribution in [1.29, 1.82) is 0 Å². The number of hydrogen-bond donors (Lipinski definition) is 1. The van der Waals surface area contributed by atoms with Crippen LogP contribution in [0.25, 0.3) is 15.9 Å². The summed E-state index contributed by atoms with van der Waals surface area (Å²) < 4.78 is 7.15. The van der Waals surface area contributed by atoms with Gasteiger partial charge in [-0.3, -0.25) is 14.2 Å². The number of nitrogens with one attached hydrogen (secondary N) is 1. The Morgan fingerprint density at radius 2 is 1.92 bits per heavy atom. The van der Waals surface area contributed by atoms with Crippen LogP contribution in [0.3, 0.4) is 0 Å². The van der Waals surface area contributed by atoms with Crippen molar-refractivity contribution in [3.8, 4) is 11.4 Å². The molecule has 0 atom stereocenters. The van der Waals surface area contributed by atoms with Crippen molar-refractivity contribution in [1.82, 2.24) is 9.55 Å². The van der Waals surface area contributed by atoms with E-state index in [0.29, 0.717) is 38.4 Å². The van der Waals surface area contributed by atoms with Crippen LogP contribution in [0.4, 0.5) is 5.69 Å². The van der Waals surface area contributed by atoms with E-state index >= 15 is 0 Å². The maximum absolute atomic E-state index is 13.8. The summed E-state index contributed by atoms with van der Waals surface area (Å²) in [5.74, 6) is 0.610. The van der Waals surface area contributed by atoms with E-state index in [1.54, 1.807) is 22.0 Å². The Hall–Kier alpha value is -2.81. The standard InChI is InChI=1S/C27H28ClN3O3S2/c1-5-7-22-17(4)24-25(36-22)30-27(31(26(24)33)19-10-12-20(13-11-19)34-6-2)35-15-23(32)29-18-9-8-16(3)21(28)14-18/h8-14H,5-7,15H2,1-4H3,(H,29,32). The number of thioether (sulfide) groups is 1. The number of hydrogen-bond acceptors (Lipinski definition) is 6. The molecule has 0 saturated carbocycles. The van der Waals surface area contributed by atoms with Crippen LogP contribution in [0, 0.1) is 13.8 Å². The van der Waals surface area contributed by atoms with E-state index in [-0.39, 0.29) is 17.2 Å². The third-order valence-corrected chi connectivity index (χ3v) is 8.29. The molecule has 2 heterocycles. The lowest BCUT2D eigenvalue weighted by Gasteiger charge is -2.13. The van der Waals surface area contributed by atoms with E-state index in [2.05, 4.69) is 12.2 Å². The second-order valence-corrected chi connectivity index (χ2v) is 10.8. The molecule has 0 fully saturated rings. The number of fused-ring (bicyclic) bond motifs is 1. The predicted molar refractivity (Wildman–Crippen MR) is 151 cm³/mol. The molecule has 1 N–H and O–H groups in total. The molecule has 4 aromatic rings. The van der Waals surface area contributed by atoms with Crippen LogP contribution in [-0.4, -0.2) is 27.8 Å². The zero-order chi connectivity index (χ0) is 25.8. The van der Waals surface area contributed by atoms with Crippen molar-refractivity contribution in [2.45, 2.75) is 45.7 Å². The molecular weight excluding hydrogens is 514 g/mol. The Balaban J connectivity index is 1.70. The van der Waals surface area contributed by atoms with Gasteiger partial charge in [-0.1, -0.05) is 42.8 Å². The van der Waals surface area contributed by atoms with E-state index in [9.17, 15) is 9.59 Å². The van der Waals surface area contributed by atoms with E-state index in [4.69, 9.17) is 21.3 Å². The highest BCUT2D eigenvalue weighted by Gasteiger charge is 2.20. The molecule has 188 valence electrons. The Morgan fingerprint density at radius 3 is 2.58 bits per heavy atom. The fourth-order valence-corrected chi connectivity index (χ4v) is 6.17. The smallest absolute Gasteiger partial charge is 0.267 e. The molecule has 36 heavy (non-hydrogen) atoms. The van der Waals surface area contributed by atoms with Crippen LogP contribution in [0.1, 0.15) is 36.3 Å². The minimum absolute atomic E-state index is 0.0899. The lowest BCUT2D eigenvalue weighted by molar-refractivity contribution is -0.113. The van der Waals surface area contributed by atoms with Gasteiger partial charge in [0.15, 0.2) is 5.16 Å². The van der Waals surface area contributed by atoms with E-state index in [1.165, 1.54) is 16.6 Å². The summed E-state index contributed by atoms with van der Waals surface area (Å²) in [5, 5.41) is 4.57. The van der Waals surface area contributed by atoms with Crippen molar-refractivity contribution in [3.05, 3.63) is 73.8 Å². The molecule has 2 aromatic heterocycles. The van der Waals surface area contributed by atoms with Gasteiger partial charge in [-0.25, -0.2) is 4.98 Å². The number of halogens is 1. The fraction of sp³-hybridized carbons (Fsp3) is 0.296. The molecule has 1 amide bonds. The number of thiophene rings is 1. The Morgan fingerprint density at radius 1 is 1.17 bits per heavy atom. The minimum Gasteiger partial charge on any atom is -0.494 e. The van der Waals surface area contributed by atoms with Gasteiger partial charge in [-0.05, 0) is 74.7 Å². The first kappa shape index (κ1) is 26.3. The van der Waals surface area contributed by atoms with Crippen LogP contribution in [0.2, 0.25) is 5.02 Å². The average molecular weight is 542 g/mol. The zero-order valence-corrected chi connectivity index (χ0v) is 23.1. The van der Waals surface area contributed by atoms with Crippen molar-refractivity contribution < 1.29 is 9.53 Å². The SMILES string of the molecule is CCCc1sc2nc(SCC(=O)Nc3ccc(C)c(Cl)c3)n(-c3ccc(OCC)cc3)c(=O)c2c1C. The van der Waals surface area contributed by atoms with Gasteiger partial charge in [0.05, 0.1) is 23.4 Å². The molecule has 0 spiro atoms. The molecule has 0 aliphatic heterocycles. The van der Waals surface area contributed by atoms with Gasteiger partial charge in [-0.2, -0.15) is 0 Å². The number of carbonyl (C=O) groups excluding carboxylic acids is 1. The lowest BCUT2D eigenvalue weighted by Crippen LogP contribution is -2.23. The lowest BCUT2D eigenvalue weighted by atomic mass is 10.1. The van der Waals surface area contributed by atoms with E-state index in [0.717, 1.165) is 29.7 Å². The third-order valence-electron chi connectivity index (χ3n) is 5.70. The number of aromatic nitrogens is 2. The van der Waals surface area contributed by atoms with Crippen molar-refractivity contribution in [2.24, 2.45) is 0 Å². The first-order valence-corrected chi connectivity index (χ1v) is 14.0. The van der Waals surface area contributed by atoms with Crippen LogP contribution < -0.4 is 15.6 Å². The summed E-state index contributed by atoms with van der Waals surface area (Å²) in [7, 11) is 0. The quantitative estimate of drug-likeness (QED) is 0.186. The van der Waals surface area contributed by atoms with Gasteiger partial charge in [0.2, 0.25) is 5.91 Å². The molecule has 0 radical (unpaired) electrons. The topological polar surface area (TPSA) is 73.2 Å². The molecule has 6 nitrogen and oxygen atoms in total. The highest BCUT2D eigenvalue weighted by atomic mass is 35.5. The molecule has 0 aliphatic rings. The summed E-state index contributed by atoms with van der Waals surface area (Å²) in [5.41, 5.74) is 3.10. The molecule has 0 bridgehead atoms. The van der Waals surface area contributed by atoms with Gasteiger partial charge >= 0.3 is 0 Å². The number of nitrogens with zero attached hydrogens (tertiary/aromatic N) is 2. The Labute approximate surface area is 223 Å². The van der Waals surface area contributed by atoms with Crippen LogP contribution >= 0.6 is 34.7 Å². The summed E-state index contributed by atoms with van der Waals surface area (Å²) in [6.07, 6.45) is 1.89. The first-order chi connectivity index (χ1) is 17.3. The summed E-state index contributed by atoms with van der Waals surface area (Å²) in [6.45, 7) is 8.50. The summed E-state index contributed by atoms with van der Waals surface area (Å²) in [6, 6.07) is 12.7. The molecule has 0 unspecified atom stereocenters. The normalized spacial score (nSPS) is 11.1. The monoisotopic (exact) mass is 541 g/mol. The number of benzene rings is 2. The van der Waals surface area contributed by atoms with Gasteiger partial charge in [-0.15, -0.1) is 11.3 Å². The Bertz CT molecular complexity index is 1460. The number of ether oxygens (including phenoxy) is 1. The van der Waals surface area contributed by atoms with Gasteiger partial charge < -0.3 is 10.1 Å². The van der Waals surface area contributed by atoms with Crippen molar-refractivity contribution in [2.75, 3.05) is 17.7 Å². The summed E-state index contributed by atoms with van der Waals surface area (Å²) in [4.78, 5) is 33.2. The van der Waals surface area contributed by atoms with E-state index in [1.807, 2.05) is 57.2 Å². The number of amides is 1. The van der Waals surface area contributed by atoms with E-state index < -0.39 is 0 Å². The fourth-order valence-electron chi connectivity index (χ4n) is 3.86. The van der Waals surface area contributed by atoms with Crippen LogP contribution in [-0.2, 0) is 11.2 Å². The van der Waals surface area contributed by atoms with Gasteiger partial charge in [0, 0.05) is 15.6 Å². The molecule has 0 aliphatic carbocycles. The second-order valence-electron chi connectivity index (χ2n) is 8.34. The first-order valence-electron chi connectivity index (χ1n) is 11.8. The Kier molecular flexibility index (Phi) is 8.39. The maximum atomic E-state index is 13.8. The third kappa shape index (κ3) is 5.61. The summed E-state index contributed by atoms with van der Waals surface area (Å²) >= 11 is 8.97. The molecule has 0 saturated heterocycles. The molecular formula is C27H28ClN3O3S2. The largest absolute Gasteiger partial charge is 0.494 e. The predicted octanol–water partition coefficient (Wildman–Crippen LogP) is 6.80. The van der Waals surface area contributed by atoms with Gasteiger partial charge in [0.25, 0.3) is 5.56 Å². The van der Waals surface area contributed by atoms with Gasteiger partial charge in [0.1, 0.15) is 10.6 Å². The number of carbonyl (C=O) groups is 1. The van der Waals surface area contributed by atoms with Crippen molar-refractivity contribution in [3.63, 3.8) is 0 Å².